The Bertz CT molecular complexity index is 900. The third kappa shape index (κ3) is 4.04. The van der Waals surface area contributed by atoms with Crippen LogP contribution in [0, 0.1) is 0 Å². The summed E-state index contributed by atoms with van der Waals surface area (Å²) in [6.07, 6.45) is 6.53. The molecule has 1 atom stereocenters. The molecule has 0 saturated carbocycles. The van der Waals surface area contributed by atoms with Gasteiger partial charge in [-0.05, 0) is 24.6 Å². The van der Waals surface area contributed by atoms with Crippen molar-refractivity contribution in [3.63, 3.8) is 0 Å². The van der Waals surface area contributed by atoms with Crippen LogP contribution in [0.25, 0.3) is 5.65 Å². The molecule has 1 unspecified atom stereocenters. The SMILES string of the molecule is OCc1c(CN2CCN(C3CC=C(Cl)C=C3Cl)CC2)nc2ccc(Cl)cn12. The first kappa shape index (κ1) is 19.2. The van der Waals surface area contributed by atoms with Crippen LogP contribution in [0.2, 0.25) is 5.02 Å². The lowest BCUT2D eigenvalue weighted by Crippen LogP contribution is -2.50. The Morgan fingerprint density at radius 2 is 1.89 bits per heavy atom. The van der Waals surface area contributed by atoms with E-state index < -0.39 is 0 Å². The quantitative estimate of drug-likeness (QED) is 0.809. The lowest BCUT2D eigenvalue weighted by Gasteiger charge is -2.39. The summed E-state index contributed by atoms with van der Waals surface area (Å²) in [5, 5.41) is 12.0. The summed E-state index contributed by atoms with van der Waals surface area (Å²) in [4.78, 5) is 9.46. The average molecular weight is 428 g/mol. The molecule has 1 N–H and O–H groups in total. The number of aromatic nitrogens is 2. The number of fused-ring (bicyclic) bond motifs is 1. The zero-order valence-corrected chi connectivity index (χ0v) is 17.1. The molecular formula is C19H21Cl3N4O. The van der Waals surface area contributed by atoms with Gasteiger partial charge in [-0.1, -0.05) is 40.9 Å². The monoisotopic (exact) mass is 426 g/mol. The number of pyridine rings is 1. The van der Waals surface area contributed by atoms with Gasteiger partial charge in [0.15, 0.2) is 0 Å². The predicted octanol–water partition coefficient (Wildman–Crippen LogP) is 3.62. The molecule has 0 radical (unpaired) electrons. The number of allylic oxidation sites excluding steroid dienone is 2. The fourth-order valence-corrected chi connectivity index (χ4v) is 4.57. The molecule has 1 saturated heterocycles. The second-order valence-corrected chi connectivity index (χ2v) is 8.23. The Balaban J connectivity index is 1.43. The van der Waals surface area contributed by atoms with E-state index >= 15 is 0 Å². The summed E-state index contributed by atoms with van der Waals surface area (Å²) >= 11 is 18.5. The van der Waals surface area contributed by atoms with Crippen LogP contribution in [-0.4, -0.2) is 56.5 Å². The maximum Gasteiger partial charge on any atom is 0.137 e. The van der Waals surface area contributed by atoms with Crippen molar-refractivity contribution in [1.82, 2.24) is 19.2 Å². The number of hydrogen-bond donors (Lipinski definition) is 1. The van der Waals surface area contributed by atoms with E-state index in [1.165, 1.54) is 0 Å². The molecule has 0 aromatic carbocycles. The van der Waals surface area contributed by atoms with E-state index in [0.717, 1.165) is 59.7 Å². The fraction of sp³-hybridized carbons (Fsp3) is 0.421. The molecule has 144 valence electrons. The predicted molar refractivity (Wildman–Crippen MR) is 109 cm³/mol. The summed E-state index contributed by atoms with van der Waals surface area (Å²) in [5.74, 6) is 0. The van der Waals surface area contributed by atoms with Crippen molar-refractivity contribution >= 4 is 40.4 Å². The van der Waals surface area contributed by atoms with Crippen molar-refractivity contribution in [3.8, 4) is 0 Å². The summed E-state index contributed by atoms with van der Waals surface area (Å²) in [6.45, 7) is 4.38. The Morgan fingerprint density at radius 1 is 1.11 bits per heavy atom. The summed E-state index contributed by atoms with van der Waals surface area (Å²) < 4.78 is 1.87. The van der Waals surface area contributed by atoms with Gasteiger partial charge in [0.05, 0.1) is 23.0 Å². The number of halogens is 3. The smallest absolute Gasteiger partial charge is 0.137 e. The Labute approximate surface area is 173 Å². The standard InChI is InChI=1S/C19H21Cl3N4O/c20-13-1-3-17(15(22)9-13)25-7-5-24(6-8-25)11-16-18(12-27)26-10-14(21)2-4-19(26)23-16/h1-2,4,9-10,17,27H,3,5-8,11-12H2. The molecule has 1 fully saturated rings. The highest BCUT2D eigenvalue weighted by atomic mass is 35.5. The first-order valence-electron chi connectivity index (χ1n) is 9.00. The normalized spacial score (nSPS) is 22.1. The first-order valence-corrected chi connectivity index (χ1v) is 10.1. The van der Waals surface area contributed by atoms with Crippen molar-refractivity contribution in [2.45, 2.75) is 25.6 Å². The average Bonchev–Trinajstić information content (AvgIpc) is 2.99. The van der Waals surface area contributed by atoms with Gasteiger partial charge in [0.25, 0.3) is 0 Å². The van der Waals surface area contributed by atoms with Crippen LogP contribution in [0.3, 0.4) is 0 Å². The molecule has 4 rings (SSSR count). The number of aliphatic hydroxyl groups excluding tert-OH is 1. The summed E-state index contributed by atoms with van der Waals surface area (Å²) in [7, 11) is 0. The van der Waals surface area contributed by atoms with Gasteiger partial charge in [-0.15, -0.1) is 0 Å². The van der Waals surface area contributed by atoms with Gasteiger partial charge in [-0.2, -0.15) is 0 Å². The maximum atomic E-state index is 9.82. The van der Waals surface area contributed by atoms with Gasteiger partial charge >= 0.3 is 0 Å². The van der Waals surface area contributed by atoms with Crippen LogP contribution in [-0.2, 0) is 13.2 Å². The molecule has 1 aliphatic heterocycles. The molecule has 3 heterocycles. The van der Waals surface area contributed by atoms with Crippen molar-refractivity contribution < 1.29 is 5.11 Å². The highest BCUT2D eigenvalue weighted by molar-refractivity contribution is 6.35. The third-order valence-corrected chi connectivity index (χ3v) is 6.11. The number of aliphatic hydroxyl groups is 1. The number of hydrogen-bond acceptors (Lipinski definition) is 4. The Hall–Kier alpha value is -1.08. The van der Waals surface area contributed by atoms with E-state index in [2.05, 4.69) is 14.8 Å². The van der Waals surface area contributed by atoms with Crippen LogP contribution in [0.15, 0.2) is 40.5 Å². The molecule has 5 nitrogen and oxygen atoms in total. The van der Waals surface area contributed by atoms with Crippen molar-refractivity contribution in [1.29, 1.82) is 0 Å². The van der Waals surface area contributed by atoms with E-state index in [0.29, 0.717) is 11.6 Å². The number of nitrogens with zero attached hydrogens (tertiary/aromatic N) is 4. The van der Waals surface area contributed by atoms with E-state index in [1.807, 2.05) is 28.7 Å². The molecule has 0 bridgehead atoms. The van der Waals surface area contributed by atoms with E-state index in [4.69, 9.17) is 34.8 Å². The molecule has 2 aromatic heterocycles. The zero-order valence-electron chi connectivity index (χ0n) is 14.8. The van der Waals surface area contributed by atoms with E-state index in [1.54, 1.807) is 6.20 Å². The molecule has 2 aliphatic rings. The molecule has 0 amide bonds. The topological polar surface area (TPSA) is 44.0 Å². The van der Waals surface area contributed by atoms with E-state index in [-0.39, 0.29) is 12.6 Å². The van der Waals surface area contributed by atoms with Gasteiger partial charge in [-0.25, -0.2) is 4.98 Å². The lowest BCUT2D eigenvalue weighted by atomic mass is 10.1. The van der Waals surface area contributed by atoms with Crippen molar-refractivity contribution in [3.05, 3.63) is 57.0 Å². The Morgan fingerprint density at radius 3 is 2.59 bits per heavy atom. The second-order valence-electron chi connectivity index (χ2n) is 6.92. The zero-order chi connectivity index (χ0) is 19.0. The number of rotatable bonds is 4. The highest BCUT2D eigenvalue weighted by Crippen LogP contribution is 2.28. The van der Waals surface area contributed by atoms with E-state index in [9.17, 15) is 5.11 Å². The summed E-state index contributed by atoms with van der Waals surface area (Å²) in [5.41, 5.74) is 2.51. The van der Waals surface area contributed by atoms with Crippen LogP contribution >= 0.6 is 34.8 Å². The lowest BCUT2D eigenvalue weighted by molar-refractivity contribution is 0.105. The maximum absolute atomic E-state index is 9.82. The van der Waals surface area contributed by atoms with Gasteiger partial charge in [0, 0.05) is 55.0 Å². The van der Waals surface area contributed by atoms with Gasteiger partial charge in [0.2, 0.25) is 0 Å². The number of imidazole rings is 1. The van der Waals surface area contributed by atoms with Crippen molar-refractivity contribution in [2.75, 3.05) is 26.2 Å². The molecule has 0 spiro atoms. The molecule has 2 aromatic rings. The molecular weight excluding hydrogens is 407 g/mol. The summed E-state index contributed by atoms with van der Waals surface area (Å²) in [6, 6.07) is 3.91. The number of piperazine rings is 1. The van der Waals surface area contributed by atoms with Crippen molar-refractivity contribution in [2.24, 2.45) is 0 Å². The second kappa shape index (κ2) is 8.11. The minimum Gasteiger partial charge on any atom is -0.390 e. The molecule has 8 heteroatoms. The van der Waals surface area contributed by atoms with Crippen LogP contribution in [0.4, 0.5) is 0 Å². The Kier molecular flexibility index (Phi) is 5.78. The third-order valence-electron chi connectivity index (χ3n) is 5.27. The minimum absolute atomic E-state index is 0.0631. The minimum atomic E-state index is -0.0631. The van der Waals surface area contributed by atoms with Crippen LogP contribution < -0.4 is 0 Å². The van der Waals surface area contributed by atoms with Crippen LogP contribution in [0.1, 0.15) is 17.8 Å². The largest absolute Gasteiger partial charge is 0.390 e. The molecule has 27 heavy (non-hydrogen) atoms. The van der Waals surface area contributed by atoms with Gasteiger partial charge in [-0.3, -0.25) is 14.2 Å². The molecule has 1 aliphatic carbocycles. The van der Waals surface area contributed by atoms with Crippen LogP contribution in [0.5, 0.6) is 0 Å². The first-order chi connectivity index (χ1) is 13.0. The highest BCUT2D eigenvalue weighted by Gasteiger charge is 2.27. The fourth-order valence-electron chi connectivity index (χ4n) is 3.80. The van der Waals surface area contributed by atoms with Gasteiger partial charge in [0.1, 0.15) is 5.65 Å². The van der Waals surface area contributed by atoms with Gasteiger partial charge < -0.3 is 5.11 Å².